The molecule has 2 rings (SSSR count). The fourth-order valence-corrected chi connectivity index (χ4v) is 1.34. The van der Waals surface area contributed by atoms with Crippen molar-refractivity contribution in [3.05, 3.63) is 47.8 Å². The molecule has 0 amide bonds. The summed E-state index contributed by atoms with van der Waals surface area (Å²) in [6, 6.07) is 7.71. The van der Waals surface area contributed by atoms with Gasteiger partial charge in [0.25, 0.3) is 0 Å². The Morgan fingerprint density at radius 2 is 2.27 bits per heavy atom. The summed E-state index contributed by atoms with van der Waals surface area (Å²) in [5.74, 6) is -0.964. The molecule has 0 atom stereocenters. The number of aryl methyl sites for hydroxylation is 1. The maximum absolute atomic E-state index is 10.7. The van der Waals surface area contributed by atoms with Gasteiger partial charge in [0.2, 0.25) is 0 Å². The topological polar surface area (TPSA) is 55.1 Å². The number of carbonyl (C=O) groups is 1. The van der Waals surface area contributed by atoms with Gasteiger partial charge in [-0.05, 0) is 24.6 Å². The first-order valence-electron chi connectivity index (χ1n) is 4.52. The third-order valence-corrected chi connectivity index (χ3v) is 2.10. The molecule has 2 aromatic rings. The smallest absolute Gasteiger partial charge is 0.338 e. The first kappa shape index (κ1) is 9.45. The van der Waals surface area contributed by atoms with Crippen LogP contribution < -0.4 is 0 Å². The molecule has 0 unspecified atom stereocenters. The molecule has 0 radical (unpaired) electrons. The van der Waals surface area contributed by atoms with Crippen LogP contribution in [0.1, 0.15) is 15.9 Å². The molecule has 0 saturated heterocycles. The van der Waals surface area contributed by atoms with E-state index in [0.717, 1.165) is 11.3 Å². The van der Waals surface area contributed by atoms with Gasteiger partial charge in [0, 0.05) is 6.20 Å². The molecule has 15 heavy (non-hydrogen) atoms. The molecular weight excluding hydrogens is 192 g/mol. The lowest BCUT2D eigenvalue weighted by Crippen LogP contribution is -1.95. The highest BCUT2D eigenvalue weighted by Crippen LogP contribution is 2.10. The third kappa shape index (κ3) is 1.88. The molecule has 4 nitrogen and oxygen atoms in total. The fourth-order valence-electron chi connectivity index (χ4n) is 1.34. The van der Waals surface area contributed by atoms with E-state index in [1.807, 2.05) is 31.2 Å². The Kier molecular flexibility index (Phi) is 2.25. The lowest BCUT2D eigenvalue weighted by Gasteiger charge is -2.01. The number of rotatable bonds is 2. The number of aromatic carboxylic acids is 1. The summed E-state index contributed by atoms with van der Waals surface area (Å²) in [5, 5.41) is 12.7. The summed E-state index contributed by atoms with van der Waals surface area (Å²) in [4.78, 5) is 10.7. The van der Waals surface area contributed by atoms with Gasteiger partial charge in [-0.25, -0.2) is 9.48 Å². The van der Waals surface area contributed by atoms with E-state index in [4.69, 9.17) is 5.11 Å². The molecule has 1 heterocycles. The first-order chi connectivity index (χ1) is 7.16. The highest BCUT2D eigenvalue weighted by atomic mass is 16.4. The van der Waals surface area contributed by atoms with E-state index >= 15 is 0 Å². The van der Waals surface area contributed by atoms with Crippen LogP contribution in [0.5, 0.6) is 0 Å². The van der Waals surface area contributed by atoms with Crippen LogP contribution in [-0.4, -0.2) is 20.9 Å². The van der Waals surface area contributed by atoms with Crippen LogP contribution in [0.15, 0.2) is 36.7 Å². The SMILES string of the molecule is Cc1cccc(-n2cc(C(=O)O)cn2)c1. The number of nitrogens with zero attached hydrogens (tertiary/aromatic N) is 2. The molecule has 1 aromatic heterocycles. The summed E-state index contributed by atoms with van der Waals surface area (Å²) in [6.45, 7) is 1.98. The van der Waals surface area contributed by atoms with Gasteiger partial charge in [0.1, 0.15) is 0 Å². The molecule has 0 spiro atoms. The van der Waals surface area contributed by atoms with Gasteiger partial charge in [0.15, 0.2) is 0 Å². The Bertz CT molecular complexity index is 503. The summed E-state index contributed by atoms with van der Waals surface area (Å²) >= 11 is 0. The Hall–Kier alpha value is -2.10. The molecule has 76 valence electrons. The quantitative estimate of drug-likeness (QED) is 0.808. The first-order valence-corrected chi connectivity index (χ1v) is 4.52. The van der Waals surface area contributed by atoms with Crippen LogP contribution in [0.3, 0.4) is 0 Å². The predicted molar refractivity (Wildman–Crippen MR) is 55.3 cm³/mol. The van der Waals surface area contributed by atoms with Crippen molar-refractivity contribution in [1.82, 2.24) is 9.78 Å². The molecule has 1 aromatic carbocycles. The third-order valence-electron chi connectivity index (χ3n) is 2.10. The number of benzene rings is 1. The Morgan fingerprint density at radius 1 is 1.47 bits per heavy atom. The minimum absolute atomic E-state index is 0.191. The number of hydrogen-bond donors (Lipinski definition) is 1. The molecule has 4 heteroatoms. The van der Waals surface area contributed by atoms with Gasteiger partial charge >= 0.3 is 5.97 Å². The van der Waals surface area contributed by atoms with Gasteiger partial charge in [0.05, 0.1) is 17.4 Å². The van der Waals surface area contributed by atoms with Crippen molar-refractivity contribution in [3.8, 4) is 5.69 Å². The van der Waals surface area contributed by atoms with Crippen LogP contribution in [-0.2, 0) is 0 Å². The van der Waals surface area contributed by atoms with Crippen LogP contribution in [0.25, 0.3) is 5.69 Å². The van der Waals surface area contributed by atoms with Gasteiger partial charge in [-0.1, -0.05) is 12.1 Å². The van der Waals surface area contributed by atoms with E-state index < -0.39 is 5.97 Å². The molecule has 0 fully saturated rings. The molecule has 0 bridgehead atoms. The highest BCUT2D eigenvalue weighted by Gasteiger charge is 2.06. The van der Waals surface area contributed by atoms with E-state index in [0.29, 0.717) is 0 Å². The molecule has 0 saturated carbocycles. The van der Waals surface area contributed by atoms with E-state index in [2.05, 4.69) is 5.10 Å². The molecule has 0 aliphatic heterocycles. The summed E-state index contributed by atoms with van der Waals surface area (Å²) in [5.41, 5.74) is 2.17. The monoisotopic (exact) mass is 202 g/mol. The largest absolute Gasteiger partial charge is 0.478 e. The minimum Gasteiger partial charge on any atom is -0.478 e. The zero-order chi connectivity index (χ0) is 10.8. The van der Waals surface area contributed by atoms with Crippen molar-refractivity contribution in [3.63, 3.8) is 0 Å². The van der Waals surface area contributed by atoms with Crippen LogP contribution in [0.4, 0.5) is 0 Å². The zero-order valence-corrected chi connectivity index (χ0v) is 8.21. The van der Waals surface area contributed by atoms with E-state index in [1.165, 1.54) is 12.4 Å². The van der Waals surface area contributed by atoms with Crippen molar-refractivity contribution in [1.29, 1.82) is 0 Å². The average molecular weight is 202 g/mol. The molecule has 0 aliphatic carbocycles. The second-order valence-electron chi connectivity index (χ2n) is 3.32. The summed E-state index contributed by atoms with van der Waals surface area (Å²) < 4.78 is 1.55. The van der Waals surface area contributed by atoms with Gasteiger partial charge in [-0.2, -0.15) is 5.10 Å². The maximum Gasteiger partial charge on any atom is 0.338 e. The van der Waals surface area contributed by atoms with E-state index in [9.17, 15) is 4.79 Å². The fraction of sp³-hybridized carbons (Fsp3) is 0.0909. The maximum atomic E-state index is 10.7. The van der Waals surface area contributed by atoms with Crippen molar-refractivity contribution in [2.45, 2.75) is 6.92 Å². The number of hydrogen-bond acceptors (Lipinski definition) is 2. The van der Waals surface area contributed by atoms with E-state index in [-0.39, 0.29) is 5.56 Å². The number of aromatic nitrogens is 2. The zero-order valence-electron chi connectivity index (χ0n) is 8.21. The lowest BCUT2D eigenvalue weighted by molar-refractivity contribution is 0.0697. The molecule has 0 aliphatic rings. The normalized spacial score (nSPS) is 10.2. The lowest BCUT2D eigenvalue weighted by atomic mass is 10.2. The Labute approximate surface area is 86.8 Å². The predicted octanol–water partition coefficient (Wildman–Crippen LogP) is 1.88. The van der Waals surface area contributed by atoms with Crippen molar-refractivity contribution < 1.29 is 9.90 Å². The van der Waals surface area contributed by atoms with E-state index in [1.54, 1.807) is 4.68 Å². The number of carboxylic acids is 1. The second-order valence-corrected chi connectivity index (χ2v) is 3.32. The summed E-state index contributed by atoms with van der Waals surface area (Å²) in [7, 11) is 0. The van der Waals surface area contributed by atoms with Crippen molar-refractivity contribution in [2.24, 2.45) is 0 Å². The Balaban J connectivity index is 2.41. The molecule has 1 N–H and O–H groups in total. The van der Waals surface area contributed by atoms with Crippen LogP contribution in [0.2, 0.25) is 0 Å². The molecular formula is C11H10N2O2. The number of carboxylic acid groups (broad SMARTS) is 1. The average Bonchev–Trinajstić information content (AvgIpc) is 2.66. The Morgan fingerprint density at radius 3 is 2.87 bits per heavy atom. The van der Waals surface area contributed by atoms with Gasteiger partial charge < -0.3 is 5.11 Å². The minimum atomic E-state index is -0.964. The standard InChI is InChI=1S/C11H10N2O2/c1-8-3-2-4-10(5-8)13-7-9(6-12-13)11(14)15/h2-7H,1H3,(H,14,15). The summed E-state index contributed by atoms with van der Waals surface area (Å²) in [6.07, 6.45) is 2.84. The van der Waals surface area contributed by atoms with Gasteiger partial charge in [-0.3, -0.25) is 0 Å². The van der Waals surface area contributed by atoms with Crippen molar-refractivity contribution in [2.75, 3.05) is 0 Å². The second kappa shape index (κ2) is 3.57. The van der Waals surface area contributed by atoms with Crippen LogP contribution >= 0.6 is 0 Å². The van der Waals surface area contributed by atoms with Gasteiger partial charge in [-0.15, -0.1) is 0 Å². The van der Waals surface area contributed by atoms with Crippen molar-refractivity contribution >= 4 is 5.97 Å². The highest BCUT2D eigenvalue weighted by molar-refractivity contribution is 5.86. The van der Waals surface area contributed by atoms with Crippen LogP contribution in [0, 0.1) is 6.92 Å².